The van der Waals surface area contributed by atoms with Crippen LogP contribution in [0.15, 0.2) is 54.6 Å². The van der Waals surface area contributed by atoms with E-state index in [1.807, 2.05) is 12.1 Å². The normalized spacial score (nSPS) is 11.3. The van der Waals surface area contributed by atoms with Gasteiger partial charge in [0.1, 0.15) is 0 Å². The first-order valence-electron chi connectivity index (χ1n) is 7.07. The molecule has 4 aromatic rings. The molecule has 3 heteroatoms. The molecule has 21 heavy (non-hydrogen) atoms. The monoisotopic (exact) mass is 274 g/mol. The zero-order chi connectivity index (χ0) is 14.4. The molecule has 0 bridgehead atoms. The van der Waals surface area contributed by atoms with Crippen LogP contribution in [-0.2, 0) is 7.05 Å². The molecule has 0 atom stereocenters. The van der Waals surface area contributed by atoms with Crippen LogP contribution in [0.4, 0.5) is 0 Å². The van der Waals surface area contributed by atoms with Crippen molar-refractivity contribution in [3.63, 3.8) is 0 Å². The van der Waals surface area contributed by atoms with Crippen molar-refractivity contribution in [3.8, 4) is 11.5 Å². The van der Waals surface area contributed by atoms with Crippen LogP contribution < -0.4 is 4.57 Å². The fourth-order valence-corrected chi connectivity index (χ4v) is 2.91. The second kappa shape index (κ2) is 4.42. The number of nitrogens with zero attached hydrogens (tertiary/aromatic N) is 2. The summed E-state index contributed by atoms with van der Waals surface area (Å²) in [4.78, 5) is 8.28. The summed E-state index contributed by atoms with van der Waals surface area (Å²) in [6.45, 7) is 2.14. The smallest absolute Gasteiger partial charge is 0.240 e. The van der Waals surface area contributed by atoms with Gasteiger partial charge in [-0.3, -0.25) is 0 Å². The van der Waals surface area contributed by atoms with E-state index >= 15 is 0 Å². The zero-order valence-corrected chi connectivity index (χ0v) is 12.1. The largest absolute Gasteiger partial charge is 0.306 e. The molecule has 0 saturated heterocycles. The van der Waals surface area contributed by atoms with Gasteiger partial charge in [-0.1, -0.05) is 30.3 Å². The predicted molar refractivity (Wildman–Crippen MR) is 84.9 cm³/mol. The quantitative estimate of drug-likeness (QED) is 0.529. The van der Waals surface area contributed by atoms with E-state index in [1.165, 1.54) is 16.5 Å². The summed E-state index contributed by atoms with van der Waals surface area (Å²) in [6.07, 6.45) is 0. The molecule has 0 aliphatic carbocycles. The molecule has 2 aromatic carbocycles. The fourth-order valence-electron chi connectivity index (χ4n) is 2.91. The van der Waals surface area contributed by atoms with Crippen LogP contribution in [0.25, 0.3) is 33.5 Å². The standard InChI is InChI=1S/C18H15N3/c1-12-11-16(19-14-8-4-3-7-13(12)14)18-20-15-9-5-6-10-17(15)21(18)2/h3-11H,1-2H3/p+1. The van der Waals surface area contributed by atoms with Crippen LogP contribution >= 0.6 is 0 Å². The van der Waals surface area contributed by atoms with Gasteiger partial charge in [0, 0.05) is 5.39 Å². The number of nitrogens with one attached hydrogen (secondary N) is 1. The Hall–Kier alpha value is -2.68. The molecule has 0 saturated carbocycles. The Labute approximate surface area is 122 Å². The molecule has 4 rings (SSSR count). The van der Waals surface area contributed by atoms with Crippen molar-refractivity contribution in [1.82, 2.24) is 9.97 Å². The van der Waals surface area contributed by atoms with Crippen molar-refractivity contribution in [2.75, 3.05) is 0 Å². The molecule has 2 heterocycles. The molecular weight excluding hydrogens is 258 g/mol. The number of rotatable bonds is 1. The topological polar surface area (TPSA) is 32.6 Å². The van der Waals surface area contributed by atoms with E-state index in [0.717, 1.165) is 22.6 Å². The molecule has 0 amide bonds. The van der Waals surface area contributed by atoms with Crippen molar-refractivity contribution < 1.29 is 4.57 Å². The lowest BCUT2D eigenvalue weighted by molar-refractivity contribution is -0.633. The van der Waals surface area contributed by atoms with Crippen molar-refractivity contribution in [3.05, 3.63) is 60.2 Å². The zero-order valence-electron chi connectivity index (χ0n) is 12.1. The molecule has 0 radical (unpaired) electrons. The van der Waals surface area contributed by atoms with Gasteiger partial charge in [-0.25, -0.2) is 14.5 Å². The van der Waals surface area contributed by atoms with E-state index in [1.54, 1.807) is 0 Å². The minimum atomic E-state index is 0.977. The lowest BCUT2D eigenvalue weighted by atomic mass is 10.1. The number of hydrogen-bond donors (Lipinski definition) is 1. The summed E-state index contributed by atoms with van der Waals surface area (Å²) in [5.41, 5.74) is 5.56. The number of para-hydroxylation sites is 3. The number of aromatic amines is 1. The predicted octanol–water partition coefficient (Wildman–Crippen LogP) is 3.52. The molecule has 0 aliphatic heterocycles. The minimum Gasteiger partial charge on any atom is -0.240 e. The van der Waals surface area contributed by atoms with Crippen LogP contribution in [0.3, 0.4) is 0 Å². The number of hydrogen-bond acceptors (Lipinski definition) is 1. The first kappa shape index (κ1) is 12.1. The highest BCUT2D eigenvalue weighted by molar-refractivity contribution is 5.84. The van der Waals surface area contributed by atoms with E-state index < -0.39 is 0 Å². The number of aryl methyl sites for hydroxylation is 2. The van der Waals surface area contributed by atoms with Crippen molar-refractivity contribution in [2.24, 2.45) is 7.05 Å². The summed E-state index contributed by atoms with van der Waals surface area (Å²) >= 11 is 0. The average molecular weight is 274 g/mol. The first-order valence-corrected chi connectivity index (χ1v) is 7.07. The lowest BCUT2D eigenvalue weighted by Gasteiger charge is -2.03. The Kier molecular flexibility index (Phi) is 2.54. The van der Waals surface area contributed by atoms with E-state index in [9.17, 15) is 0 Å². The van der Waals surface area contributed by atoms with Gasteiger partial charge in [0.05, 0.1) is 12.6 Å². The Morgan fingerprint density at radius 1 is 1.00 bits per heavy atom. The summed E-state index contributed by atoms with van der Waals surface area (Å²) in [6, 6.07) is 18.7. The van der Waals surface area contributed by atoms with Crippen molar-refractivity contribution in [1.29, 1.82) is 0 Å². The van der Waals surface area contributed by atoms with Gasteiger partial charge in [0.15, 0.2) is 16.7 Å². The highest BCUT2D eigenvalue weighted by atomic mass is 15.1. The van der Waals surface area contributed by atoms with E-state index in [0.29, 0.717) is 0 Å². The molecular formula is C18H16N3+. The number of benzene rings is 2. The molecule has 102 valence electrons. The van der Waals surface area contributed by atoms with Crippen LogP contribution in [0.2, 0.25) is 0 Å². The maximum absolute atomic E-state index is 4.81. The van der Waals surface area contributed by atoms with E-state index in [4.69, 9.17) is 4.98 Å². The number of fused-ring (bicyclic) bond motifs is 2. The highest BCUT2D eigenvalue weighted by Crippen LogP contribution is 2.23. The summed E-state index contributed by atoms with van der Waals surface area (Å²) < 4.78 is 2.16. The molecule has 2 aromatic heterocycles. The van der Waals surface area contributed by atoms with Gasteiger partial charge in [0.2, 0.25) is 0 Å². The maximum Gasteiger partial charge on any atom is 0.306 e. The van der Waals surface area contributed by atoms with Gasteiger partial charge >= 0.3 is 5.82 Å². The Bertz CT molecular complexity index is 967. The van der Waals surface area contributed by atoms with Gasteiger partial charge in [0.25, 0.3) is 0 Å². The van der Waals surface area contributed by atoms with Gasteiger partial charge in [-0.15, -0.1) is 0 Å². The molecule has 0 unspecified atom stereocenters. The van der Waals surface area contributed by atoms with Crippen LogP contribution in [0.5, 0.6) is 0 Å². The molecule has 0 spiro atoms. The summed E-state index contributed by atoms with van der Waals surface area (Å²) in [7, 11) is 2.07. The second-order valence-electron chi connectivity index (χ2n) is 5.39. The Morgan fingerprint density at radius 2 is 1.76 bits per heavy atom. The van der Waals surface area contributed by atoms with Gasteiger partial charge in [-0.05, 0) is 36.8 Å². The second-order valence-corrected chi connectivity index (χ2v) is 5.39. The molecule has 1 N–H and O–H groups in total. The molecule has 3 nitrogen and oxygen atoms in total. The fraction of sp³-hybridized carbons (Fsp3) is 0.111. The summed E-state index contributed by atoms with van der Waals surface area (Å²) in [5, 5.41) is 1.21. The molecule has 0 aliphatic rings. The third-order valence-electron chi connectivity index (χ3n) is 4.02. The SMILES string of the molecule is Cc1cc(-c2[nH]c3ccccc3[n+]2C)nc2ccccc12. The average Bonchev–Trinajstić information content (AvgIpc) is 2.85. The molecule has 0 fully saturated rings. The van der Waals surface area contributed by atoms with Crippen molar-refractivity contribution >= 4 is 21.9 Å². The van der Waals surface area contributed by atoms with Gasteiger partial charge < -0.3 is 0 Å². The maximum atomic E-state index is 4.81. The summed E-state index contributed by atoms with van der Waals surface area (Å²) in [5.74, 6) is 1.03. The number of imidazole rings is 1. The third-order valence-corrected chi connectivity index (χ3v) is 4.02. The van der Waals surface area contributed by atoms with Crippen LogP contribution in [0.1, 0.15) is 5.56 Å². The van der Waals surface area contributed by atoms with E-state index in [-0.39, 0.29) is 0 Å². The van der Waals surface area contributed by atoms with Crippen LogP contribution in [0, 0.1) is 6.92 Å². The van der Waals surface area contributed by atoms with Crippen molar-refractivity contribution in [2.45, 2.75) is 6.92 Å². The number of pyridine rings is 1. The minimum absolute atomic E-state index is 0.977. The highest BCUT2D eigenvalue weighted by Gasteiger charge is 2.18. The van der Waals surface area contributed by atoms with Gasteiger partial charge in [-0.2, -0.15) is 0 Å². The number of aromatic nitrogens is 3. The first-order chi connectivity index (χ1) is 10.2. The third kappa shape index (κ3) is 1.82. The Balaban J connectivity index is 2.02. The van der Waals surface area contributed by atoms with Crippen LogP contribution in [-0.4, -0.2) is 9.97 Å². The van der Waals surface area contributed by atoms with E-state index in [2.05, 4.69) is 66.0 Å². The number of H-pyrrole nitrogens is 1. The Morgan fingerprint density at radius 3 is 2.62 bits per heavy atom. The lowest BCUT2D eigenvalue weighted by Crippen LogP contribution is -2.29.